The minimum absolute atomic E-state index is 0.124. The van der Waals surface area contributed by atoms with E-state index >= 15 is 0 Å². The Morgan fingerprint density at radius 2 is 1.81 bits per heavy atom. The molecule has 0 radical (unpaired) electrons. The van der Waals surface area contributed by atoms with E-state index in [0.717, 1.165) is 0 Å². The molecule has 0 unspecified atom stereocenters. The number of benzene rings is 2. The average Bonchev–Trinajstić information content (AvgIpc) is 2.64. The van der Waals surface area contributed by atoms with Gasteiger partial charge >= 0.3 is 0 Å². The molecular weight excluding hydrogens is 344 g/mol. The molecule has 144 valence electrons. The number of aliphatic hydroxyl groups excluding tert-OH is 1. The Morgan fingerprint density at radius 1 is 1.11 bits per heavy atom. The van der Waals surface area contributed by atoms with Crippen LogP contribution in [0.2, 0.25) is 0 Å². The van der Waals surface area contributed by atoms with Gasteiger partial charge in [-0.2, -0.15) is 5.11 Å². The number of carbonyl (C=O) groups is 1. The fourth-order valence-corrected chi connectivity index (χ4v) is 2.20. The molecule has 0 bridgehead atoms. The van der Waals surface area contributed by atoms with Gasteiger partial charge in [-0.25, -0.2) is 0 Å². The van der Waals surface area contributed by atoms with Crippen molar-refractivity contribution in [3.05, 3.63) is 48.5 Å². The van der Waals surface area contributed by atoms with Gasteiger partial charge in [0.05, 0.1) is 5.69 Å². The Morgan fingerprint density at radius 3 is 2.48 bits per heavy atom. The van der Waals surface area contributed by atoms with Crippen molar-refractivity contribution < 1.29 is 14.6 Å². The van der Waals surface area contributed by atoms with Crippen molar-refractivity contribution in [1.82, 2.24) is 5.32 Å². The van der Waals surface area contributed by atoms with Crippen LogP contribution in [0.25, 0.3) is 0 Å². The van der Waals surface area contributed by atoms with E-state index in [1.807, 2.05) is 26.0 Å². The van der Waals surface area contributed by atoms with Crippen LogP contribution in [0, 0.1) is 0 Å². The summed E-state index contributed by atoms with van der Waals surface area (Å²) >= 11 is 0. The number of hydrogen-bond acceptors (Lipinski definition) is 6. The van der Waals surface area contributed by atoms with Gasteiger partial charge in [-0.3, -0.25) is 4.79 Å². The highest BCUT2D eigenvalue weighted by Crippen LogP contribution is 2.29. The standard InChI is InChI=1S/C20H26N4O3/c1-14(2)21-12-18(26)13-27-20-7-5-4-6-19(20)24-23-17-10-8-16(9-11-17)22-15(3)25/h4-11,14,18,21,26H,12-13H2,1-3H3,(H,22,25)/t18-/m0/s1. The first-order valence-electron chi connectivity index (χ1n) is 8.86. The average molecular weight is 370 g/mol. The number of nitrogens with zero attached hydrogens (tertiary/aromatic N) is 2. The minimum atomic E-state index is -0.612. The van der Waals surface area contributed by atoms with Crippen molar-refractivity contribution in [2.75, 3.05) is 18.5 Å². The summed E-state index contributed by atoms with van der Waals surface area (Å²) in [5.74, 6) is 0.431. The fraction of sp³-hybridized carbons (Fsp3) is 0.350. The smallest absolute Gasteiger partial charge is 0.221 e. The number of anilines is 1. The molecule has 0 spiro atoms. The third kappa shape index (κ3) is 7.55. The lowest BCUT2D eigenvalue weighted by Gasteiger charge is -2.15. The van der Waals surface area contributed by atoms with Crippen molar-refractivity contribution >= 4 is 23.0 Å². The summed E-state index contributed by atoms with van der Waals surface area (Å²) in [6.07, 6.45) is -0.612. The van der Waals surface area contributed by atoms with Crippen molar-refractivity contribution in [1.29, 1.82) is 0 Å². The van der Waals surface area contributed by atoms with E-state index in [9.17, 15) is 9.90 Å². The molecule has 3 N–H and O–H groups in total. The number of amides is 1. The van der Waals surface area contributed by atoms with Gasteiger partial charge < -0.3 is 20.5 Å². The van der Waals surface area contributed by atoms with Gasteiger partial charge in [-0.1, -0.05) is 26.0 Å². The molecule has 0 fully saturated rings. The number of nitrogens with one attached hydrogen (secondary N) is 2. The van der Waals surface area contributed by atoms with Gasteiger partial charge in [0.15, 0.2) is 0 Å². The topological polar surface area (TPSA) is 95.3 Å². The zero-order chi connectivity index (χ0) is 19.6. The van der Waals surface area contributed by atoms with Crippen molar-refractivity contribution in [2.24, 2.45) is 10.2 Å². The molecule has 0 saturated carbocycles. The van der Waals surface area contributed by atoms with Crippen LogP contribution in [0.1, 0.15) is 20.8 Å². The number of para-hydroxylation sites is 1. The van der Waals surface area contributed by atoms with Crippen LogP contribution in [0.5, 0.6) is 5.75 Å². The van der Waals surface area contributed by atoms with Crippen molar-refractivity contribution in [3.63, 3.8) is 0 Å². The third-order valence-electron chi connectivity index (χ3n) is 3.52. The second-order valence-electron chi connectivity index (χ2n) is 6.42. The van der Waals surface area contributed by atoms with Crippen molar-refractivity contribution in [2.45, 2.75) is 32.9 Å². The number of rotatable bonds is 9. The van der Waals surface area contributed by atoms with Crippen LogP contribution in [0.4, 0.5) is 17.1 Å². The van der Waals surface area contributed by atoms with E-state index in [1.54, 1.807) is 36.4 Å². The highest BCUT2D eigenvalue weighted by molar-refractivity contribution is 5.88. The minimum Gasteiger partial charge on any atom is -0.489 e. The summed E-state index contributed by atoms with van der Waals surface area (Å²) in [4.78, 5) is 11.0. The first-order chi connectivity index (χ1) is 12.9. The molecule has 2 aromatic rings. The Hall–Kier alpha value is -2.77. The Labute approximate surface area is 159 Å². The fourth-order valence-electron chi connectivity index (χ4n) is 2.20. The summed E-state index contributed by atoms with van der Waals surface area (Å²) in [5, 5.41) is 24.3. The third-order valence-corrected chi connectivity index (χ3v) is 3.52. The zero-order valence-electron chi connectivity index (χ0n) is 15.8. The van der Waals surface area contributed by atoms with E-state index in [-0.39, 0.29) is 12.5 Å². The lowest BCUT2D eigenvalue weighted by atomic mass is 10.3. The second kappa shape index (κ2) is 10.4. The lowest BCUT2D eigenvalue weighted by molar-refractivity contribution is -0.114. The summed E-state index contributed by atoms with van der Waals surface area (Å²) in [7, 11) is 0. The van der Waals surface area contributed by atoms with Crippen LogP contribution in [0.3, 0.4) is 0 Å². The molecule has 1 amide bonds. The molecule has 1 atom stereocenters. The van der Waals surface area contributed by atoms with Gasteiger partial charge in [0.2, 0.25) is 5.91 Å². The molecule has 7 heteroatoms. The quantitative estimate of drug-likeness (QED) is 0.585. The number of carbonyl (C=O) groups excluding carboxylic acids is 1. The lowest BCUT2D eigenvalue weighted by Crippen LogP contribution is -2.35. The summed E-state index contributed by atoms with van der Waals surface area (Å²) in [6.45, 7) is 6.12. The molecule has 2 rings (SSSR count). The Bertz CT molecular complexity index is 760. The van der Waals surface area contributed by atoms with E-state index < -0.39 is 6.10 Å². The Balaban J connectivity index is 1.98. The largest absolute Gasteiger partial charge is 0.489 e. The molecule has 27 heavy (non-hydrogen) atoms. The highest BCUT2D eigenvalue weighted by atomic mass is 16.5. The number of azo groups is 1. The molecule has 0 heterocycles. The van der Waals surface area contributed by atoms with Gasteiger partial charge in [-0.15, -0.1) is 5.11 Å². The summed E-state index contributed by atoms with van der Waals surface area (Å²) < 4.78 is 5.69. The van der Waals surface area contributed by atoms with E-state index in [2.05, 4.69) is 20.9 Å². The maximum absolute atomic E-state index is 11.0. The molecule has 0 saturated heterocycles. The van der Waals surface area contributed by atoms with Gasteiger partial charge in [0.1, 0.15) is 24.1 Å². The molecule has 0 aromatic heterocycles. The monoisotopic (exact) mass is 370 g/mol. The molecule has 0 aliphatic carbocycles. The normalized spacial score (nSPS) is 12.3. The van der Waals surface area contributed by atoms with E-state index in [0.29, 0.717) is 35.4 Å². The van der Waals surface area contributed by atoms with Gasteiger partial charge in [-0.05, 0) is 36.4 Å². The number of ether oxygens (including phenoxy) is 1. The molecule has 7 nitrogen and oxygen atoms in total. The SMILES string of the molecule is CC(=O)Nc1ccc(N=Nc2ccccc2OC[C@@H](O)CNC(C)C)cc1. The van der Waals surface area contributed by atoms with Crippen LogP contribution >= 0.6 is 0 Å². The van der Waals surface area contributed by atoms with Gasteiger partial charge in [0, 0.05) is 25.2 Å². The second-order valence-corrected chi connectivity index (χ2v) is 6.42. The van der Waals surface area contributed by atoms with Crippen molar-refractivity contribution in [3.8, 4) is 5.75 Å². The molecule has 2 aromatic carbocycles. The predicted octanol–water partition coefficient (Wildman–Crippen LogP) is 3.80. The summed E-state index contributed by atoms with van der Waals surface area (Å²) in [5.41, 5.74) is 1.93. The first kappa shape index (κ1) is 20.5. The molecule has 0 aliphatic heterocycles. The number of aliphatic hydroxyl groups is 1. The highest BCUT2D eigenvalue weighted by Gasteiger charge is 2.08. The van der Waals surface area contributed by atoms with Crippen LogP contribution in [0.15, 0.2) is 58.8 Å². The van der Waals surface area contributed by atoms with Crippen LogP contribution in [-0.2, 0) is 4.79 Å². The first-order valence-corrected chi connectivity index (χ1v) is 8.86. The molecule has 0 aliphatic rings. The Kier molecular flexibility index (Phi) is 7.91. The summed E-state index contributed by atoms with van der Waals surface area (Å²) in [6, 6.07) is 14.6. The van der Waals surface area contributed by atoms with Crippen LogP contribution in [-0.4, -0.2) is 36.3 Å². The van der Waals surface area contributed by atoms with E-state index in [4.69, 9.17) is 4.74 Å². The van der Waals surface area contributed by atoms with Gasteiger partial charge in [0.25, 0.3) is 0 Å². The number of hydrogen-bond donors (Lipinski definition) is 3. The van der Waals surface area contributed by atoms with Crippen LogP contribution < -0.4 is 15.4 Å². The predicted molar refractivity (Wildman–Crippen MR) is 106 cm³/mol. The maximum atomic E-state index is 11.0. The van der Waals surface area contributed by atoms with E-state index in [1.165, 1.54) is 6.92 Å². The maximum Gasteiger partial charge on any atom is 0.221 e. The zero-order valence-corrected chi connectivity index (χ0v) is 15.8. The molecular formula is C20H26N4O3.